The largest absolute Gasteiger partial charge is 0.481 e. The second-order valence-corrected chi connectivity index (χ2v) is 6.55. The van der Waals surface area contributed by atoms with Gasteiger partial charge in [-0.05, 0) is 37.8 Å². The monoisotopic (exact) mass is 296 g/mol. The van der Waals surface area contributed by atoms with Crippen molar-refractivity contribution >= 4 is 29.4 Å². The van der Waals surface area contributed by atoms with Crippen LogP contribution < -0.4 is 10.6 Å². The van der Waals surface area contributed by atoms with Gasteiger partial charge in [-0.25, -0.2) is 4.79 Å². The minimum Gasteiger partial charge on any atom is -0.481 e. The molecule has 2 amide bonds. The molecule has 0 saturated carbocycles. The van der Waals surface area contributed by atoms with Crippen LogP contribution in [-0.2, 0) is 11.2 Å². The summed E-state index contributed by atoms with van der Waals surface area (Å²) in [6, 6.07) is 6.50. The highest BCUT2D eigenvalue weighted by molar-refractivity contribution is 7.99. The van der Waals surface area contributed by atoms with Gasteiger partial charge in [0.2, 0.25) is 0 Å². The van der Waals surface area contributed by atoms with Crippen LogP contribution >= 0.6 is 11.8 Å². The smallest absolute Gasteiger partial charge is 0.319 e. The van der Waals surface area contributed by atoms with E-state index in [-0.39, 0.29) is 17.2 Å². The first-order valence-corrected chi connectivity index (χ1v) is 7.45. The lowest BCUT2D eigenvalue weighted by atomic mass is 10.1. The Morgan fingerprint density at radius 1 is 1.25 bits per heavy atom. The van der Waals surface area contributed by atoms with Crippen molar-refractivity contribution in [2.75, 3.05) is 18.1 Å². The fourth-order valence-electron chi connectivity index (χ4n) is 1.42. The summed E-state index contributed by atoms with van der Waals surface area (Å²) >= 11 is 1.68. The molecule has 0 fully saturated rings. The number of benzene rings is 1. The number of nitrogens with one attached hydrogen (secondary N) is 2. The van der Waals surface area contributed by atoms with E-state index in [2.05, 4.69) is 24.5 Å². The van der Waals surface area contributed by atoms with Crippen LogP contribution in [0.2, 0.25) is 0 Å². The number of amides is 2. The number of thioether (sulfide) groups is 1. The van der Waals surface area contributed by atoms with Crippen LogP contribution in [0.25, 0.3) is 0 Å². The molecule has 20 heavy (non-hydrogen) atoms. The van der Waals surface area contributed by atoms with Crippen molar-refractivity contribution in [2.45, 2.75) is 25.0 Å². The Morgan fingerprint density at radius 3 is 2.35 bits per heavy atom. The highest BCUT2D eigenvalue weighted by Gasteiger charge is 2.16. The lowest BCUT2D eigenvalue weighted by molar-refractivity contribution is -0.136. The summed E-state index contributed by atoms with van der Waals surface area (Å²) in [4.78, 5) is 22.3. The SMILES string of the molecule is CSC(C)(C)CNC(=O)Nc1ccc(CC(=O)O)cc1. The molecule has 0 aliphatic heterocycles. The predicted molar refractivity (Wildman–Crippen MR) is 82.4 cm³/mol. The zero-order chi connectivity index (χ0) is 15.2. The molecule has 0 aromatic heterocycles. The van der Waals surface area contributed by atoms with Crippen molar-refractivity contribution in [1.82, 2.24) is 5.32 Å². The lowest BCUT2D eigenvalue weighted by Gasteiger charge is -2.22. The fourth-order valence-corrected chi connectivity index (χ4v) is 1.64. The van der Waals surface area contributed by atoms with Crippen LogP contribution in [0.15, 0.2) is 24.3 Å². The van der Waals surface area contributed by atoms with Crippen molar-refractivity contribution < 1.29 is 14.7 Å². The first-order chi connectivity index (χ1) is 9.32. The van der Waals surface area contributed by atoms with E-state index >= 15 is 0 Å². The molecule has 0 aliphatic rings. The maximum Gasteiger partial charge on any atom is 0.319 e. The highest BCUT2D eigenvalue weighted by Crippen LogP contribution is 2.19. The Balaban J connectivity index is 2.48. The molecule has 5 nitrogen and oxygen atoms in total. The molecule has 0 bridgehead atoms. The normalized spacial score (nSPS) is 10.9. The second-order valence-electron chi connectivity index (χ2n) is 5.04. The Labute approximate surface area is 123 Å². The van der Waals surface area contributed by atoms with Gasteiger partial charge in [-0.1, -0.05) is 12.1 Å². The van der Waals surface area contributed by atoms with E-state index in [1.807, 2.05) is 6.26 Å². The van der Waals surface area contributed by atoms with E-state index in [1.165, 1.54) is 0 Å². The summed E-state index contributed by atoms with van der Waals surface area (Å²) in [5.74, 6) is -0.872. The van der Waals surface area contributed by atoms with E-state index in [0.29, 0.717) is 17.8 Å². The molecule has 1 aromatic rings. The lowest BCUT2D eigenvalue weighted by Crippen LogP contribution is -2.38. The molecule has 0 radical (unpaired) electrons. The number of carboxylic acid groups (broad SMARTS) is 1. The van der Waals surface area contributed by atoms with Gasteiger partial charge in [0.15, 0.2) is 0 Å². The van der Waals surface area contributed by atoms with Gasteiger partial charge in [-0.2, -0.15) is 11.8 Å². The molecule has 0 heterocycles. The number of hydrogen-bond acceptors (Lipinski definition) is 3. The van der Waals surface area contributed by atoms with Crippen molar-refractivity contribution in [3.63, 3.8) is 0 Å². The first kappa shape index (κ1) is 16.4. The van der Waals surface area contributed by atoms with E-state index in [4.69, 9.17) is 5.11 Å². The minimum absolute atomic E-state index is 0.0112. The molecule has 0 spiro atoms. The zero-order valence-corrected chi connectivity index (χ0v) is 12.7. The quantitative estimate of drug-likeness (QED) is 0.754. The van der Waals surface area contributed by atoms with E-state index < -0.39 is 5.97 Å². The predicted octanol–water partition coefficient (Wildman–Crippen LogP) is 2.58. The van der Waals surface area contributed by atoms with E-state index in [1.54, 1.807) is 36.0 Å². The Morgan fingerprint density at radius 2 is 1.85 bits per heavy atom. The number of carbonyl (C=O) groups is 2. The number of aliphatic carboxylic acids is 1. The van der Waals surface area contributed by atoms with Gasteiger partial charge in [-0.3, -0.25) is 4.79 Å². The molecule has 0 atom stereocenters. The average molecular weight is 296 g/mol. The molecule has 0 aliphatic carbocycles. The molecule has 110 valence electrons. The van der Waals surface area contributed by atoms with Gasteiger partial charge >= 0.3 is 12.0 Å². The molecule has 0 unspecified atom stereocenters. The zero-order valence-electron chi connectivity index (χ0n) is 11.9. The van der Waals surface area contributed by atoms with Crippen molar-refractivity contribution in [3.8, 4) is 0 Å². The highest BCUT2D eigenvalue weighted by atomic mass is 32.2. The van der Waals surface area contributed by atoms with Crippen LogP contribution in [0.5, 0.6) is 0 Å². The van der Waals surface area contributed by atoms with Crippen LogP contribution in [0.1, 0.15) is 19.4 Å². The van der Waals surface area contributed by atoms with Crippen LogP contribution in [0.4, 0.5) is 10.5 Å². The second kappa shape index (κ2) is 7.19. The average Bonchev–Trinajstić information content (AvgIpc) is 2.38. The van der Waals surface area contributed by atoms with Crippen molar-refractivity contribution in [1.29, 1.82) is 0 Å². The van der Waals surface area contributed by atoms with Crippen LogP contribution in [0.3, 0.4) is 0 Å². The van der Waals surface area contributed by atoms with E-state index in [9.17, 15) is 9.59 Å². The van der Waals surface area contributed by atoms with Crippen molar-refractivity contribution in [3.05, 3.63) is 29.8 Å². The Kier molecular flexibility index (Phi) is 5.88. The summed E-state index contributed by atoms with van der Waals surface area (Å²) in [7, 11) is 0. The topological polar surface area (TPSA) is 78.4 Å². The summed E-state index contributed by atoms with van der Waals surface area (Å²) in [6.07, 6.45) is 1.98. The van der Waals surface area contributed by atoms with Crippen LogP contribution in [0, 0.1) is 0 Å². The molecule has 3 N–H and O–H groups in total. The summed E-state index contributed by atoms with van der Waals surface area (Å²) < 4.78 is -0.0112. The Hall–Kier alpha value is -1.69. The molecule has 0 saturated heterocycles. The summed E-state index contributed by atoms with van der Waals surface area (Å²) in [6.45, 7) is 4.67. The number of rotatable bonds is 6. The number of carbonyl (C=O) groups excluding carboxylic acids is 1. The van der Waals surface area contributed by atoms with Gasteiger partial charge in [0.05, 0.1) is 6.42 Å². The third-order valence-electron chi connectivity index (χ3n) is 2.79. The van der Waals surface area contributed by atoms with Gasteiger partial charge in [-0.15, -0.1) is 0 Å². The summed E-state index contributed by atoms with van der Waals surface area (Å²) in [5.41, 5.74) is 1.34. The maximum absolute atomic E-state index is 11.7. The number of carboxylic acids is 1. The van der Waals surface area contributed by atoms with Crippen LogP contribution in [-0.4, -0.2) is 34.7 Å². The van der Waals surface area contributed by atoms with Crippen molar-refractivity contribution in [2.24, 2.45) is 0 Å². The van der Waals surface area contributed by atoms with Gasteiger partial charge in [0.25, 0.3) is 0 Å². The number of anilines is 1. The summed E-state index contributed by atoms with van der Waals surface area (Å²) in [5, 5.41) is 14.2. The number of hydrogen-bond donors (Lipinski definition) is 3. The standard InChI is InChI=1S/C14H20N2O3S/c1-14(2,20-3)9-15-13(19)16-11-6-4-10(5-7-11)8-12(17)18/h4-7H,8-9H2,1-3H3,(H,17,18)(H2,15,16,19). The minimum atomic E-state index is -0.872. The molecular weight excluding hydrogens is 276 g/mol. The van der Waals surface area contributed by atoms with Gasteiger partial charge < -0.3 is 15.7 Å². The number of urea groups is 1. The fraction of sp³-hybridized carbons (Fsp3) is 0.429. The first-order valence-electron chi connectivity index (χ1n) is 6.23. The van der Waals surface area contributed by atoms with E-state index in [0.717, 1.165) is 0 Å². The van der Waals surface area contributed by atoms with Gasteiger partial charge in [0.1, 0.15) is 0 Å². The molecule has 6 heteroatoms. The third kappa shape index (κ3) is 5.97. The third-order valence-corrected chi connectivity index (χ3v) is 4.04. The molecule has 1 rings (SSSR count). The molecule has 1 aromatic carbocycles. The van der Waals surface area contributed by atoms with Gasteiger partial charge in [0, 0.05) is 17.0 Å². The maximum atomic E-state index is 11.7. The molecular formula is C14H20N2O3S. The Bertz CT molecular complexity index is 472.